The summed E-state index contributed by atoms with van der Waals surface area (Å²) in [7, 11) is 0. The van der Waals surface area contributed by atoms with Crippen LogP contribution >= 0.6 is 11.8 Å². The maximum Gasteiger partial charge on any atom is 0.162 e. The molecule has 1 aliphatic rings. The minimum absolute atomic E-state index is 0.871. The summed E-state index contributed by atoms with van der Waals surface area (Å²) in [5.74, 6) is 2.02. The van der Waals surface area contributed by atoms with E-state index in [1.54, 1.807) is 18.0 Å². The quantitative estimate of drug-likeness (QED) is 0.741. The van der Waals surface area contributed by atoms with Crippen molar-refractivity contribution >= 4 is 22.7 Å². The van der Waals surface area contributed by atoms with Crippen LogP contribution in [0, 0.1) is 0 Å². The molecule has 0 spiro atoms. The topological polar surface area (TPSA) is 37.3 Å². The third-order valence-electron chi connectivity index (χ3n) is 1.70. The molecule has 0 aromatic carbocycles. The van der Waals surface area contributed by atoms with E-state index in [1.807, 2.05) is 18.2 Å². The van der Waals surface area contributed by atoms with Crippen molar-refractivity contribution in [3.05, 3.63) is 24.4 Å². The van der Waals surface area contributed by atoms with Gasteiger partial charge < -0.3 is 5.32 Å². The number of thioether (sulfide) groups is 1. The maximum absolute atomic E-state index is 4.35. The van der Waals surface area contributed by atoms with Crippen LogP contribution in [0.5, 0.6) is 0 Å². The summed E-state index contributed by atoms with van der Waals surface area (Å²) in [5, 5.41) is 4.17. The lowest BCUT2D eigenvalue weighted by molar-refractivity contribution is 0.938. The molecule has 0 fully saturated rings. The van der Waals surface area contributed by atoms with Crippen molar-refractivity contribution in [3.8, 4) is 0 Å². The van der Waals surface area contributed by atoms with E-state index in [-0.39, 0.29) is 0 Å². The molecule has 0 saturated carbocycles. The van der Waals surface area contributed by atoms with Gasteiger partial charge in [-0.3, -0.25) is 4.99 Å². The van der Waals surface area contributed by atoms with Crippen LogP contribution in [0.2, 0.25) is 0 Å². The number of anilines is 1. The zero-order valence-corrected chi connectivity index (χ0v) is 8.05. The fourth-order valence-electron chi connectivity index (χ4n) is 1.08. The van der Waals surface area contributed by atoms with E-state index < -0.39 is 0 Å². The molecule has 0 aliphatic carbocycles. The predicted octanol–water partition coefficient (Wildman–Crippen LogP) is 1.99. The molecule has 1 N–H and O–H groups in total. The van der Waals surface area contributed by atoms with Gasteiger partial charge in [0.25, 0.3) is 0 Å². The molecule has 1 aromatic heterocycles. The molecule has 2 heterocycles. The fourth-order valence-corrected chi connectivity index (χ4v) is 1.91. The third-order valence-corrected chi connectivity index (χ3v) is 2.69. The van der Waals surface area contributed by atoms with E-state index in [4.69, 9.17) is 0 Å². The Labute approximate surface area is 81.7 Å². The van der Waals surface area contributed by atoms with Gasteiger partial charge in [-0.1, -0.05) is 17.8 Å². The minimum Gasteiger partial charge on any atom is -0.320 e. The van der Waals surface area contributed by atoms with Crippen molar-refractivity contribution < 1.29 is 0 Å². The van der Waals surface area contributed by atoms with Crippen LogP contribution in [-0.4, -0.2) is 22.4 Å². The number of hydrogen-bond acceptors (Lipinski definition) is 4. The van der Waals surface area contributed by atoms with Crippen LogP contribution < -0.4 is 5.32 Å². The Bertz CT molecular complexity index is 297. The summed E-state index contributed by atoms with van der Waals surface area (Å²) >= 11 is 1.76. The zero-order valence-electron chi connectivity index (χ0n) is 7.23. The highest BCUT2D eigenvalue weighted by molar-refractivity contribution is 8.14. The number of nitrogens with one attached hydrogen (secondary N) is 1. The number of amidine groups is 1. The van der Waals surface area contributed by atoms with Crippen LogP contribution in [0.25, 0.3) is 0 Å². The van der Waals surface area contributed by atoms with Crippen molar-refractivity contribution in [2.24, 2.45) is 4.99 Å². The Kier molecular flexibility index (Phi) is 2.82. The highest BCUT2D eigenvalue weighted by Crippen LogP contribution is 2.13. The van der Waals surface area contributed by atoms with Crippen molar-refractivity contribution in [1.82, 2.24) is 4.98 Å². The first-order chi connectivity index (χ1) is 6.45. The molecule has 3 nitrogen and oxygen atoms in total. The van der Waals surface area contributed by atoms with E-state index in [9.17, 15) is 0 Å². The summed E-state index contributed by atoms with van der Waals surface area (Å²) in [4.78, 5) is 8.52. The fraction of sp³-hybridized carbons (Fsp3) is 0.333. The van der Waals surface area contributed by atoms with Gasteiger partial charge in [-0.25, -0.2) is 4.98 Å². The zero-order chi connectivity index (χ0) is 8.93. The molecule has 0 saturated heterocycles. The molecule has 0 bridgehead atoms. The van der Waals surface area contributed by atoms with Crippen molar-refractivity contribution in [2.45, 2.75) is 6.42 Å². The molecular formula is C9H11N3S. The second-order valence-electron chi connectivity index (χ2n) is 2.73. The Morgan fingerprint density at radius 3 is 3.08 bits per heavy atom. The number of hydrogen-bond donors (Lipinski definition) is 1. The molecule has 68 valence electrons. The largest absolute Gasteiger partial charge is 0.320 e. The first-order valence-electron chi connectivity index (χ1n) is 4.30. The number of aromatic nitrogens is 1. The number of nitrogens with zero attached hydrogens (tertiary/aromatic N) is 2. The minimum atomic E-state index is 0.871. The SMILES string of the molecule is c1ccc(NC2=NCCCS2)nc1. The molecule has 13 heavy (non-hydrogen) atoms. The highest BCUT2D eigenvalue weighted by atomic mass is 32.2. The molecular weight excluding hydrogens is 182 g/mol. The van der Waals surface area contributed by atoms with Gasteiger partial charge in [-0.05, 0) is 18.6 Å². The molecule has 1 aromatic rings. The smallest absolute Gasteiger partial charge is 0.162 e. The van der Waals surface area contributed by atoms with Gasteiger partial charge in [0, 0.05) is 18.5 Å². The summed E-state index contributed by atoms with van der Waals surface area (Å²) in [5.41, 5.74) is 0. The van der Waals surface area contributed by atoms with Crippen molar-refractivity contribution in [1.29, 1.82) is 0 Å². The van der Waals surface area contributed by atoms with Gasteiger partial charge in [0.15, 0.2) is 5.17 Å². The Balaban J connectivity index is 2.01. The van der Waals surface area contributed by atoms with E-state index in [2.05, 4.69) is 15.3 Å². The van der Waals surface area contributed by atoms with E-state index in [1.165, 1.54) is 6.42 Å². The first-order valence-corrected chi connectivity index (χ1v) is 5.29. The van der Waals surface area contributed by atoms with Gasteiger partial charge in [0.2, 0.25) is 0 Å². The molecule has 1 aliphatic heterocycles. The average molecular weight is 193 g/mol. The monoisotopic (exact) mass is 193 g/mol. The van der Waals surface area contributed by atoms with Crippen LogP contribution in [0.3, 0.4) is 0 Å². The van der Waals surface area contributed by atoms with Crippen molar-refractivity contribution in [3.63, 3.8) is 0 Å². The van der Waals surface area contributed by atoms with Gasteiger partial charge >= 0.3 is 0 Å². The number of pyridine rings is 1. The first kappa shape index (κ1) is 8.56. The summed E-state index contributed by atoms with van der Waals surface area (Å²) in [6.07, 6.45) is 2.95. The Morgan fingerprint density at radius 2 is 2.38 bits per heavy atom. The Hall–Kier alpha value is -1.03. The summed E-state index contributed by atoms with van der Waals surface area (Å²) < 4.78 is 0. The lowest BCUT2D eigenvalue weighted by Crippen LogP contribution is -2.13. The predicted molar refractivity (Wildman–Crippen MR) is 57.2 cm³/mol. The maximum atomic E-state index is 4.35. The normalized spacial score (nSPS) is 16.5. The lowest BCUT2D eigenvalue weighted by Gasteiger charge is -2.11. The van der Waals surface area contributed by atoms with Crippen LogP contribution in [0.15, 0.2) is 29.4 Å². The Morgan fingerprint density at radius 1 is 1.38 bits per heavy atom. The molecule has 4 heteroatoms. The van der Waals surface area contributed by atoms with E-state index >= 15 is 0 Å². The van der Waals surface area contributed by atoms with Gasteiger partial charge in [-0.15, -0.1) is 0 Å². The highest BCUT2D eigenvalue weighted by Gasteiger charge is 2.05. The van der Waals surface area contributed by atoms with Crippen molar-refractivity contribution in [2.75, 3.05) is 17.6 Å². The number of aliphatic imine (C=N–C) groups is 1. The van der Waals surface area contributed by atoms with E-state index in [0.717, 1.165) is 23.3 Å². The van der Waals surface area contributed by atoms with Crippen LogP contribution in [-0.2, 0) is 0 Å². The molecule has 0 amide bonds. The number of rotatable bonds is 1. The molecule has 2 rings (SSSR count). The second kappa shape index (κ2) is 4.28. The van der Waals surface area contributed by atoms with E-state index in [0.29, 0.717) is 0 Å². The molecule has 0 radical (unpaired) electrons. The van der Waals surface area contributed by atoms with Gasteiger partial charge in [-0.2, -0.15) is 0 Å². The lowest BCUT2D eigenvalue weighted by atomic mass is 10.5. The van der Waals surface area contributed by atoms with Gasteiger partial charge in [0.1, 0.15) is 5.82 Å². The van der Waals surface area contributed by atoms with Crippen LogP contribution in [0.4, 0.5) is 5.82 Å². The van der Waals surface area contributed by atoms with Gasteiger partial charge in [0.05, 0.1) is 0 Å². The standard InChI is InChI=1S/C9H11N3S/c1-2-5-10-8(4-1)12-9-11-6-3-7-13-9/h1-2,4-5H,3,6-7H2,(H,10,11,12). The second-order valence-corrected chi connectivity index (χ2v) is 3.81. The summed E-state index contributed by atoms with van der Waals surface area (Å²) in [6.45, 7) is 0.933. The molecule has 0 atom stereocenters. The summed E-state index contributed by atoms with van der Waals surface area (Å²) in [6, 6.07) is 5.81. The average Bonchev–Trinajstić information content (AvgIpc) is 2.21. The third kappa shape index (κ3) is 2.45. The molecule has 0 unspecified atom stereocenters. The van der Waals surface area contributed by atoms with Crippen LogP contribution in [0.1, 0.15) is 6.42 Å².